The molecule has 1 heterocycles. The first-order valence-electron chi connectivity index (χ1n) is 8.64. The number of benzene rings is 1. The van der Waals surface area contributed by atoms with Crippen LogP contribution >= 0.6 is 0 Å². The fourth-order valence-electron chi connectivity index (χ4n) is 2.69. The summed E-state index contributed by atoms with van der Waals surface area (Å²) in [5.41, 5.74) is 0. The number of hydrogen-bond acceptors (Lipinski definition) is 6. The number of hydrogen-bond donors (Lipinski definition) is 2. The van der Waals surface area contributed by atoms with E-state index in [0.717, 1.165) is 12.1 Å². The van der Waals surface area contributed by atoms with Gasteiger partial charge >= 0.3 is 12.0 Å². The SMILES string of the molecule is CNC(=O)NC(=O)[C@@H](C)OC(=O)C1CCN(S(=O)(=O)c2ccc(F)cc2)CC1. The van der Waals surface area contributed by atoms with E-state index in [9.17, 15) is 27.2 Å². The van der Waals surface area contributed by atoms with E-state index in [2.05, 4.69) is 5.32 Å². The van der Waals surface area contributed by atoms with Gasteiger partial charge in [0, 0.05) is 20.1 Å². The number of carbonyl (C=O) groups is 3. The fraction of sp³-hybridized carbons (Fsp3) is 0.471. The van der Waals surface area contributed by atoms with Gasteiger partial charge in [0.05, 0.1) is 10.8 Å². The third kappa shape index (κ3) is 5.26. The summed E-state index contributed by atoms with van der Waals surface area (Å²) in [7, 11) is -2.43. The van der Waals surface area contributed by atoms with Crippen LogP contribution in [0.15, 0.2) is 29.2 Å². The molecule has 2 N–H and O–H groups in total. The van der Waals surface area contributed by atoms with Gasteiger partial charge in [-0.2, -0.15) is 4.31 Å². The van der Waals surface area contributed by atoms with Crippen LogP contribution in [0.2, 0.25) is 0 Å². The Morgan fingerprint density at radius 1 is 1.18 bits per heavy atom. The highest BCUT2D eigenvalue weighted by atomic mass is 32.2. The third-order valence-electron chi connectivity index (χ3n) is 4.36. The molecule has 1 aliphatic rings. The summed E-state index contributed by atoms with van der Waals surface area (Å²) >= 11 is 0. The van der Waals surface area contributed by atoms with Crippen molar-refractivity contribution < 1.29 is 31.9 Å². The Morgan fingerprint density at radius 3 is 2.29 bits per heavy atom. The van der Waals surface area contributed by atoms with Gasteiger partial charge in [-0.25, -0.2) is 17.6 Å². The average molecular weight is 415 g/mol. The standard InChI is InChI=1S/C17H22FN3O6S/c1-11(15(22)20-17(24)19-2)27-16(23)12-7-9-21(10-8-12)28(25,26)14-5-3-13(18)4-6-14/h3-6,11-12H,7-10H2,1-2H3,(H2,19,20,22,24)/t11-/m1/s1. The molecule has 1 fully saturated rings. The van der Waals surface area contributed by atoms with Crippen molar-refractivity contribution in [1.82, 2.24) is 14.9 Å². The number of esters is 1. The number of amides is 3. The molecule has 1 aliphatic heterocycles. The molecular formula is C17H22FN3O6S. The topological polar surface area (TPSA) is 122 Å². The molecule has 1 saturated heterocycles. The molecule has 154 valence electrons. The van der Waals surface area contributed by atoms with Crippen LogP contribution < -0.4 is 10.6 Å². The molecule has 0 aliphatic carbocycles. The number of urea groups is 1. The smallest absolute Gasteiger partial charge is 0.321 e. The van der Waals surface area contributed by atoms with Crippen molar-refractivity contribution in [3.8, 4) is 0 Å². The van der Waals surface area contributed by atoms with E-state index in [1.165, 1.54) is 30.4 Å². The molecule has 1 atom stereocenters. The van der Waals surface area contributed by atoms with Crippen LogP contribution in [0.5, 0.6) is 0 Å². The quantitative estimate of drug-likeness (QED) is 0.680. The van der Waals surface area contributed by atoms with Crippen LogP contribution in [-0.4, -0.2) is 56.9 Å². The van der Waals surface area contributed by atoms with Crippen molar-refractivity contribution in [1.29, 1.82) is 0 Å². The van der Waals surface area contributed by atoms with Gasteiger partial charge in [0.1, 0.15) is 5.82 Å². The van der Waals surface area contributed by atoms with Gasteiger partial charge in [0.15, 0.2) is 6.10 Å². The van der Waals surface area contributed by atoms with Gasteiger partial charge in [0.2, 0.25) is 10.0 Å². The second kappa shape index (κ2) is 9.11. The Bertz CT molecular complexity index is 835. The Kier molecular flexibility index (Phi) is 7.08. The molecule has 0 bridgehead atoms. The maximum absolute atomic E-state index is 13.0. The predicted octanol–water partition coefficient (Wildman–Crippen LogP) is 0.614. The maximum atomic E-state index is 13.0. The van der Waals surface area contributed by atoms with E-state index in [1.54, 1.807) is 0 Å². The fourth-order valence-corrected chi connectivity index (χ4v) is 4.16. The van der Waals surface area contributed by atoms with Crippen LogP contribution in [0.1, 0.15) is 19.8 Å². The first-order chi connectivity index (χ1) is 13.1. The van der Waals surface area contributed by atoms with Gasteiger partial charge in [-0.1, -0.05) is 0 Å². The third-order valence-corrected chi connectivity index (χ3v) is 6.28. The maximum Gasteiger partial charge on any atom is 0.321 e. The van der Waals surface area contributed by atoms with Crippen molar-refractivity contribution >= 4 is 27.9 Å². The van der Waals surface area contributed by atoms with Crippen LogP contribution in [0.3, 0.4) is 0 Å². The van der Waals surface area contributed by atoms with Crippen LogP contribution in [0.4, 0.5) is 9.18 Å². The zero-order chi connectivity index (χ0) is 20.9. The second-order valence-corrected chi connectivity index (χ2v) is 8.22. The molecule has 1 aromatic carbocycles. The van der Waals surface area contributed by atoms with E-state index < -0.39 is 45.8 Å². The lowest BCUT2D eigenvalue weighted by Gasteiger charge is -2.30. The molecule has 9 nitrogen and oxygen atoms in total. The molecular weight excluding hydrogens is 393 g/mol. The number of rotatable bonds is 5. The van der Waals surface area contributed by atoms with Crippen molar-refractivity contribution in [2.24, 2.45) is 5.92 Å². The molecule has 0 radical (unpaired) electrons. The summed E-state index contributed by atoms with van der Waals surface area (Å²) in [6.45, 7) is 1.53. The summed E-state index contributed by atoms with van der Waals surface area (Å²) in [6, 6.07) is 3.81. The predicted molar refractivity (Wildman–Crippen MR) is 96.0 cm³/mol. The highest BCUT2D eigenvalue weighted by Gasteiger charge is 2.34. The number of halogens is 1. The number of nitrogens with zero attached hydrogens (tertiary/aromatic N) is 1. The molecule has 11 heteroatoms. The van der Waals surface area contributed by atoms with Gasteiger partial charge < -0.3 is 10.1 Å². The lowest BCUT2D eigenvalue weighted by molar-refractivity contribution is -0.159. The van der Waals surface area contributed by atoms with E-state index >= 15 is 0 Å². The Hall–Kier alpha value is -2.53. The molecule has 2 rings (SSSR count). The normalized spacial score (nSPS) is 16.8. The van der Waals surface area contributed by atoms with Gasteiger partial charge in [-0.15, -0.1) is 0 Å². The molecule has 0 saturated carbocycles. The average Bonchev–Trinajstić information content (AvgIpc) is 2.68. The molecule has 1 aromatic rings. The van der Waals surface area contributed by atoms with Gasteiger partial charge in [0.25, 0.3) is 5.91 Å². The number of carbonyl (C=O) groups excluding carboxylic acids is 3. The van der Waals surface area contributed by atoms with Crippen LogP contribution in [0.25, 0.3) is 0 Å². The van der Waals surface area contributed by atoms with Crippen molar-refractivity contribution in [3.05, 3.63) is 30.1 Å². The Morgan fingerprint density at radius 2 is 1.75 bits per heavy atom. The zero-order valence-corrected chi connectivity index (χ0v) is 16.3. The van der Waals surface area contributed by atoms with Gasteiger partial charge in [-0.3, -0.25) is 14.9 Å². The minimum absolute atomic E-state index is 0.0191. The lowest BCUT2D eigenvalue weighted by Crippen LogP contribution is -2.45. The summed E-state index contributed by atoms with van der Waals surface area (Å²) in [5.74, 6) is -2.48. The number of piperidine rings is 1. The molecule has 0 unspecified atom stereocenters. The first-order valence-corrected chi connectivity index (χ1v) is 10.1. The number of nitrogens with one attached hydrogen (secondary N) is 2. The number of imide groups is 1. The Labute approximate surface area is 162 Å². The van der Waals surface area contributed by atoms with Crippen molar-refractivity contribution in [3.63, 3.8) is 0 Å². The summed E-state index contributed by atoms with van der Waals surface area (Å²) in [4.78, 5) is 35.0. The first kappa shape index (κ1) is 21.8. The van der Waals surface area contributed by atoms with E-state index in [-0.39, 0.29) is 30.8 Å². The summed E-state index contributed by atoms with van der Waals surface area (Å²) in [6.07, 6.45) is -0.711. The second-order valence-electron chi connectivity index (χ2n) is 6.28. The van der Waals surface area contributed by atoms with Gasteiger partial charge in [-0.05, 0) is 44.0 Å². The minimum atomic E-state index is -3.77. The monoisotopic (exact) mass is 415 g/mol. The molecule has 0 aromatic heterocycles. The minimum Gasteiger partial charge on any atom is -0.452 e. The molecule has 0 spiro atoms. The van der Waals surface area contributed by atoms with Crippen molar-refractivity contribution in [2.75, 3.05) is 20.1 Å². The molecule has 3 amide bonds. The highest BCUT2D eigenvalue weighted by molar-refractivity contribution is 7.89. The van der Waals surface area contributed by atoms with Crippen LogP contribution in [-0.2, 0) is 24.3 Å². The number of ether oxygens (including phenoxy) is 1. The van der Waals surface area contributed by atoms with E-state index in [4.69, 9.17) is 4.74 Å². The number of sulfonamides is 1. The van der Waals surface area contributed by atoms with E-state index in [0.29, 0.717) is 0 Å². The molecule has 28 heavy (non-hydrogen) atoms. The summed E-state index contributed by atoms with van der Waals surface area (Å²) < 4.78 is 44.4. The van der Waals surface area contributed by atoms with Crippen molar-refractivity contribution in [2.45, 2.75) is 30.8 Å². The highest BCUT2D eigenvalue weighted by Crippen LogP contribution is 2.25. The summed E-state index contributed by atoms with van der Waals surface area (Å²) in [5, 5.41) is 4.21. The largest absolute Gasteiger partial charge is 0.452 e. The lowest BCUT2D eigenvalue weighted by atomic mass is 9.98. The van der Waals surface area contributed by atoms with E-state index in [1.807, 2.05) is 5.32 Å². The zero-order valence-electron chi connectivity index (χ0n) is 15.5. The van der Waals surface area contributed by atoms with Crippen LogP contribution in [0, 0.1) is 11.7 Å². The Balaban J connectivity index is 1.90.